The average molecular weight is 351 g/mol. The number of carbonyl (C=O) groups is 2. The van der Waals surface area contributed by atoms with E-state index in [4.69, 9.17) is 19.9 Å². The molecular weight excluding hydrogens is 322 g/mol. The van der Waals surface area contributed by atoms with Crippen LogP contribution in [0.2, 0.25) is 0 Å². The van der Waals surface area contributed by atoms with Gasteiger partial charge in [-0.1, -0.05) is 19.3 Å². The topological polar surface area (TPSA) is 87.9 Å². The van der Waals surface area contributed by atoms with Gasteiger partial charge in [0.25, 0.3) is 0 Å². The maximum atomic E-state index is 11.9. The molecule has 6 nitrogen and oxygen atoms in total. The first kappa shape index (κ1) is 20.8. The Hall–Kier alpha value is -2.24. The lowest BCUT2D eigenvalue weighted by molar-refractivity contribution is -0.161. The van der Waals surface area contributed by atoms with Crippen LogP contribution in [-0.4, -0.2) is 31.8 Å². The molecule has 0 aliphatic heterocycles. The van der Waals surface area contributed by atoms with E-state index < -0.39 is 17.9 Å². The summed E-state index contributed by atoms with van der Waals surface area (Å²) in [5, 5.41) is 0. The molecule has 0 spiro atoms. The van der Waals surface area contributed by atoms with E-state index in [0.29, 0.717) is 18.7 Å². The predicted octanol–water partition coefficient (Wildman–Crippen LogP) is 3.34. The fourth-order valence-electron chi connectivity index (χ4n) is 2.38. The van der Waals surface area contributed by atoms with Crippen molar-refractivity contribution in [2.24, 2.45) is 5.92 Å². The van der Waals surface area contributed by atoms with Gasteiger partial charge in [-0.25, -0.2) is 0 Å². The van der Waals surface area contributed by atoms with Crippen LogP contribution in [0.4, 0.5) is 5.69 Å². The number of ether oxygens (including phenoxy) is 3. The Morgan fingerprint density at radius 1 is 0.920 bits per heavy atom. The summed E-state index contributed by atoms with van der Waals surface area (Å²) in [6.45, 7) is 4.60. The van der Waals surface area contributed by atoms with Crippen LogP contribution in [-0.2, 0) is 19.1 Å². The van der Waals surface area contributed by atoms with Gasteiger partial charge in [0.1, 0.15) is 5.75 Å². The van der Waals surface area contributed by atoms with E-state index in [1.54, 1.807) is 26.0 Å². The number of carbonyl (C=O) groups excluding carboxylic acids is 2. The standard InChI is InChI=1S/C19H29NO5/c1-3-23-18(21)17(19(22)24-4-2)9-7-5-6-8-14-25-16-12-10-15(20)11-13-16/h10-13,17H,3-9,14,20H2,1-2H3. The SMILES string of the molecule is CCOC(=O)C(CCCCCCOc1ccc(N)cc1)C(=O)OCC. The third-order valence-corrected chi connectivity index (χ3v) is 3.68. The highest BCUT2D eigenvalue weighted by Crippen LogP contribution is 2.16. The zero-order chi connectivity index (χ0) is 18.5. The van der Waals surface area contributed by atoms with Gasteiger partial charge in [-0.2, -0.15) is 0 Å². The van der Waals surface area contributed by atoms with Gasteiger partial charge in [0.2, 0.25) is 0 Å². The highest BCUT2D eigenvalue weighted by molar-refractivity contribution is 5.94. The van der Waals surface area contributed by atoms with E-state index in [-0.39, 0.29) is 13.2 Å². The van der Waals surface area contributed by atoms with Crippen LogP contribution in [0.25, 0.3) is 0 Å². The van der Waals surface area contributed by atoms with Gasteiger partial charge in [-0.3, -0.25) is 9.59 Å². The molecule has 0 aromatic heterocycles. The highest BCUT2D eigenvalue weighted by atomic mass is 16.6. The monoisotopic (exact) mass is 351 g/mol. The lowest BCUT2D eigenvalue weighted by atomic mass is 10.0. The molecular formula is C19H29NO5. The number of rotatable bonds is 12. The highest BCUT2D eigenvalue weighted by Gasteiger charge is 2.28. The maximum Gasteiger partial charge on any atom is 0.320 e. The molecule has 6 heteroatoms. The maximum absolute atomic E-state index is 11.9. The number of esters is 2. The minimum Gasteiger partial charge on any atom is -0.494 e. The van der Waals surface area contributed by atoms with Crippen LogP contribution in [0.5, 0.6) is 5.75 Å². The molecule has 0 atom stereocenters. The number of benzene rings is 1. The van der Waals surface area contributed by atoms with Crippen molar-refractivity contribution in [3.63, 3.8) is 0 Å². The zero-order valence-corrected chi connectivity index (χ0v) is 15.2. The Bertz CT molecular complexity index is 497. The second-order valence-electron chi connectivity index (χ2n) is 5.68. The van der Waals surface area contributed by atoms with Gasteiger partial charge < -0.3 is 19.9 Å². The first-order valence-electron chi connectivity index (χ1n) is 8.90. The first-order valence-corrected chi connectivity index (χ1v) is 8.90. The van der Waals surface area contributed by atoms with Gasteiger partial charge in [-0.05, 0) is 51.0 Å². The molecule has 0 aliphatic rings. The quantitative estimate of drug-likeness (QED) is 0.269. The molecule has 0 radical (unpaired) electrons. The second-order valence-corrected chi connectivity index (χ2v) is 5.68. The van der Waals surface area contributed by atoms with Crippen LogP contribution in [0.15, 0.2) is 24.3 Å². The number of unbranched alkanes of at least 4 members (excludes halogenated alkanes) is 3. The molecule has 1 aromatic rings. The second kappa shape index (κ2) is 12.2. The minimum atomic E-state index is -0.814. The van der Waals surface area contributed by atoms with E-state index >= 15 is 0 Å². The summed E-state index contributed by atoms with van der Waals surface area (Å²) in [4.78, 5) is 23.7. The van der Waals surface area contributed by atoms with Gasteiger partial charge in [0.05, 0.1) is 19.8 Å². The number of hydrogen-bond donors (Lipinski definition) is 1. The minimum absolute atomic E-state index is 0.261. The average Bonchev–Trinajstić information content (AvgIpc) is 2.59. The van der Waals surface area contributed by atoms with E-state index in [2.05, 4.69) is 0 Å². The molecule has 0 bridgehead atoms. The zero-order valence-electron chi connectivity index (χ0n) is 15.2. The van der Waals surface area contributed by atoms with Crippen molar-refractivity contribution in [3.05, 3.63) is 24.3 Å². The van der Waals surface area contributed by atoms with Crippen molar-refractivity contribution in [3.8, 4) is 5.75 Å². The Balaban J connectivity index is 2.21. The largest absolute Gasteiger partial charge is 0.494 e. The Labute approximate surface area is 149 Å². The predicted molar refractivity (Wildman–Crippen MR) is 96.2 cm³/mol. The fourth-order valence-corrected chi connectivity index (χ4v) is 2.38. The van der Waals surface area contributed by atoms with Crippen molar-refractivity contribution in [1.29, 1.82) is 0 Å². The van der Waals surface area contributed by atoms with E-state index in [9.17, 15) is 9.59 Å². The molecule has 0 saturated carbocycles. The molecule has 0 saturated heterocycles. The Morgan fingerprint density at radius 2 is 1.48 bits per heavy atom. The van der Waals surface area contributed by atoms with E-state index in [0.717, 1.165) is 31.4 Å². The van der Waals surface area contributed by atoms with Crippen molar-refractivity contribution < 1.29 is 23.8 Å². The molecule has 2 N–H and O–H groups in total. The number of hydrogen-bond acceptors (Lipinski definition) is 6. The van der Waals surface area contributed by atoms with Gasteiger partial charge in [-0.15, -0.1) is 0 Å². The van der Waals surface area contributed by atoms with Crippen molar-refractivity contribution >= 4 is 17.6 Å². The number of nitrogens with two attached hydrogens (primary N) is 1. The Morgan fingerprint density at radius 3 is 2.04 bits per heavy atom. The molecule has 0 unspecified atom stereocenters. The van der Waals surface area contributed by atoms with Crippen LogP contribution in [0, 0.1) is 5.92 Å². The van der Waals surface area contributed by atoms with Crippen LogP contribution < -0.4 is 10.5 Å². The van der Waals surface area contributed by atoms with Crippen LogP contribution >= 0.6 is 0 Å². The normalized spacial score (nSPS) is 10.5. The first-order chi connectivity index (χ1) is 12.1. The van der Waals surface area contributed by atoms with Crippen LogP contribution in [0.1, 0.15) is 46.0 Å². The molecule has 0 aliphatic carbocycles. The molecule has 140 valence electrons. The summed E-state index contributed by atoms with van der Waals surface area (Å²) in [6.07, 6.45) is 4.02. The Kier molecular flexibility index (Phi) is 10.1. The summed E-state index contributed by atoms with van der Waals surface area (Å²) in [7, 11) is 0. The van der Waals surface area contributed by atoms with Gasteiger partial charge in [0.15, 0.2) is 5.92 Å². The smallest absolute Gasteiger partial charge is 0.320 e. The molecule has 25 heavy (non-hydrogen) atoms. The molecule has 1 aromatic carbocycles. The summed E-state index contributed by atoms with van der Waals surface area (Å²) < 4.78 is 15.5. The number of anilines is 1. The molecule has 0 fully saturated rings. The van der Waals surface area contributed by atoms with Crippen LogP contribution in [0.3, 0.4) is 0 Å². The van der Waals surface area contributed by atoms with Gasteiger partial charge in [0, 0.05) is 5.69 Å². The summed E-state index contributed by atoms with van der Waals surface area (Å²) >= 11 is 0. The summed E-state index contributed by atoms with van der Waals surface area (Å²) in [6, 6.07) is 7.30. The fraction of sp³-hybridized carbons (Fsp3) is 0.579. The molecule has 0 heterocycles. The number of nitrogen functional groups attached to an aromatic ring is 1. The van der Waals surface area contributed by atoms with Gasteiger partial charge >= 0.3 is 11.9 Å². The van der Waals surface area contributed by atoms with Crippen molar-refractivity contribution in [2.45, 2.75) is 46.0 Å². The van der Waals surface area contributed by atoms with E-state index in [1.165, 1.54) is 0 Å². The lowest BCUT2D eigenvalue weighted by Crippen LogP contribution is -2.28. The summed E-state index contributed by atoms with van der Waals surface area (Å²) in [5.74, 6) is -0.995. The van der Waals surface area contributed by atoms with Crippen molar-refractivity contribution in [2.75, 3.05) is 25.6 Å². The summed E-state index contributed by atoms with van der Waals surface area (Å²) in [5.41, 5.74) is 6.33. The lowest BCUT2D eigenvalue weighted by Gasteiger charge is -2.14. The molecule has 0 amide bonds. The molecule has 1 rings (SSSR count). The third-order valence-electron chi connectivity index (χ3n) is 3.68. The third kappa shape index (κ3) is 8.42. The van der Waals surface area contributed by atoms with Crippen molar-refractivity contribution in [1.82, 2.24) is 0 Å². The van der Waals surface area contributed by atoms with E-state index in [1.807, 2.05) is 12.1 Å².